The molecular weight excluding hydrogens is 382 g/mol. The quantitative estimate of drug-likeness (QED) is 0.675. The first-order chi connectivity index (χ1) is 12.7. The molecule has 0 aliphatic carbocycles. The minimum absolute atomic E-state index is 0.226. The van der Waals surface area contributed by atoms with E-state index < -0.39 is 15.9 Å². The summed E-state index contributed by atoms with van der Waals surface area (Å²) in [6.07, 6.45) is 1.04. The molecule has 0 aliphatic heterocycles. The maximum atomic E-state index is 12.6. The minimum Gasteiger partial charge on any atom is -0.298 e. The number of para-hydroxylation sites is 1. The third-order valence-electron chi connectivity index (χ3n) is 3.85. The lowest BCUT2D eigenvalue weighted by atomic mass is 10.0. The van der Waals surface area contributed by atoms with Crippen LogP contribution in [0, 0.1) is 13.8 Å². The van der Waals surface area contributed by atoms with E-state index in [4.69, 9.17) is 0 Å². The maximum Gasteiger partial charge on any atom is 0.259 e. The van der Waals surface area contributed by atoms with Gasteiger partial charge in [-0.1, -0.05) is 35.9 Å². The number of thiazole rings is 1. The van der Waals surface area contributed by atoms with Gasteiger partial charge in [0, 0.05) is 10.9 Å². The second-order valence-corrected chi connectivity index (χ2v) is 8.84. The van der Waals surface area contributed by atoms with E-state index in [0.29, 0.717) is 5.13 Å². The predicted octanol–water partition coefficient (Wildman–Crippen LogP) is 4.05. The van der Waals surface area contributed by atoms with Crippen molar-refractivity contribution in [2.24, 2.45) is 0 Å². The number of sulfonamides is 1. The van der Waals surface area contributed by atoms with Crippen LogP contribution in [0.5, 0.6) is 0 Å². The Bertz CT molecular complexity index is 1100. The van der Waals surface area contributed by atoms with Crippen LogP contribution in [0.1, 0.15) is 21.5 Å². The molecule has 2 aromatic carbocycles. The number of hydrogen-bond donors (Lipinski definition) is 2. The Balaban J connectivity index is 1.83. The number of nitrogens with one attached hydrogen (secondary N) is 2. The number of carbonyl (C=O) groups excluding carboxylic acids is 1. The number of benzene rings is 2. The number of aryl methyl sites for hydroxylation is 2. The molecule has 0 saturated carbocycles. The van der Waals surface area contributed by atoms with Crippen LogP contribution < -0.4 is 10.0 Å². The second-order valence-electron chi connectivity index (χ2n) is 6.23. The van der Waals surface area contributed by atoms with Gasteiger partial charge in [0.1, 0.15) is 0 Å². The average Bonchev–Trinajstić information content (AvgIpc) is 3.02. The zero-order chi connectivity index (χ0) is 19.6. The average molecular weight is 402 g/mol. The molecule has 0 unspecified atom stereocenters. The van der Waals surface area contributed by atoms with Crippen molar-refractivity contribution in [1.82, 2.24) is 4.98 Å². The number of hydrogen-bond acceptors (Lipinski definition) is 5. The Morgan fingerprint density at radius 3 is 2.56 bits per heavy atom. The summed E-state index contributed by atoms with van der Waals surface area (Å²) < 4.78 is 25.3. The summed E-state index contributed by atoms with van der Waals surface area (Å²) in [6.45, 7) is 4.05. The molecule has 0 fully saturated rings. The number of aromatic nitrogens is 1. The van der Waals surface area contributed by atoms with E-state index in [0.717, 1.165) is 23.1 Å². The van der Waals surface area contributed by atoms with Gasteiger partial charge >= 0.3 is 0 Å². The van der Waals surface area contributed by atoms with Crippen molar-refractivity contribution in [2.75, 3.05) is 16.3 Å². The van der Waals surface area contributed by atoms with Crippen LogP contribution in [0.2, 0.25) is 0 Å². The molecule has 140 valence electrons. The molecule has 8 heteroatoms. The molecule has 6 nitrogen and oxygen atoms in total. The molecule has 1 heterocycles. The molecular formula is C19H19N3O3S2. The smallest absolute Gasteiger partial charge is 0.259 e. The van der Waals surface area contributed by atoms with Crippen molar-refractivity contribution >= 4 is 38.1 Å². The summed E-state index contributed by atoms with van der Waals surface area (Å²) in [5.74, 6) is -0.428. The molecule has 2 N–H and O–H groups in total. The van der Waals surface area contributed by atoms with Gasteiger partial charge in [-0.05, 0) is 31.5 Å². The fraction of sp³-hybridized carbons (Fsp3) is 0.158. The Morgan fingerprint density at radius 2 is 1.85 bits per heavy atom. The summed E-state index contributed by atoms with van der Waals surface area (Å²) in [5.41, 5.74) is 4.54. The third kappa shape index (κ3) is 4.72. The third-order valence-corrected chi connectivity index (χ3v) is 5.20. The van der Waals surface area contributed by atoms with E-state index in [1.807, 2.05) is 31.4 Å². The highest BCUT2D eigenvalue weighted by molar-refractivity contribution is 7.92. The fourth-order valence-electron chi connectivity index (χ4n) is 2.69. The second kappa shape index (κ2) is 7.50. The number of nitrogens with zero attached hydrogens (tertiary/aromatic N) is 1. The van der Waals surface area contributed by atoms with E-state index in [1.165, 1.54) is 16.9 Å². The molecule has 0 aliphatic rings. The van der Waals surface area contributed by atoms with Gasteiger partial charge in [0.25, 0.3) is 5.91 Å². The van der Waals surface area contributed by atoms with Crippen LogP contribution in [0.15, 0.2) is 47.8 Å². The normalized spacial score (nSPS) is 11.2. The minimum atomic E-state index is -3.49. The Kier molecular flexibility index (Phi) is 5.29. The van der Waals surface area contributed by atoms with Crippen molar-refractivity contribution in [3.05, 3.63) is 64.5 Å². The van der Waals surface area contributed by atoms with Gasteiger partial charge in [-0.3, -0.25) is 14.8 Å². The van der Waals surface area contributed by atoms with Crippen LogP contribution >= 0.6 is 11.3 Å². The van der Waals surface area contributed by atoms with Crippen LogP contribution in [-0.2, 0) is 10.0 Å². The number of rotatable bonds is 5. The first kappa shape index (κ1) is 19.1. The topological polar surface area (TPSA) is 88.2 Å². The maximum absolute atomic E-state index is 12.6. The predicted molar refractivity (Wildman–Crippen MR) is 110 cm³/mol. The van der Waals surface area contributed by atoms with Crippen molar-refractivity contribution in [2.45, 2.75) is 13.8 Å². The summed E-state index contributed by atoms with van der Waals surface area (Å²) in [6, 6.07) is 12.5. The Labute approximate surface area is 162 Å². The first-order valence-electron chi connectivity index (χ1n) is 8.14. The van der Waals surface area contributed by atoms with Crippen molar-refractivity contribution in [1.29, 1.82) is 0 Å². The highest BCUT2D eigenvalue weighted by Crippen LogP contribution is 2.28. The summed E-state index contributed by atoms with van der Waals surface area (Å²) >= 11 is 1.32. The van der Waals surface area contributed by atoms with E-state index in [2.05, 4.69) is 21.1 Å². The standard InChI is InChI=1S/C19H19N3O3S2/c1-12-8-9-14(13(2)10-12)17-11-26-19(20-17)21-18(23)15-6-4-5-7-16(15)22-27(3,24)25/h4-11,22H,1-3H3,(H,20,21,23). The zero-order valence-corrected chi connectivity index (χ0v) is 16.7. The Morgan fingerprint density at radius 1 is 1.11 bits per heavy atom. The van der Waals surface area contributed by atoms with Crippen molar-refractivity contribution in [3.8, 4) is 11.3 Å². The zero-order valence-electron chi connectivity index (χ0n) is 15.1. The number of amides is 1. The largest absolute Gasteiger partial charge is 0.298 e. The van der Waals surface area contributed by atoms with E-state index in [9.17, 15) is 13.2 Å². The Hall–Kier alpha value is -2.71. The molecule has 0 spiro atoms. The molecule has 1 aromatic heterocycles. The van der Waals surface area contributed by atoms with Gasteiger partial charge < -0.3 is 0 Å². The first-order valence-corrected chi connectivity index (χ1v) is 10.9. The summed E-state index contributed by atoms with van der Waals surface area (Å²) in [7, 11) is -3.49. The highest BCUT2D eigenvalue weighted by atomic mass is 32.2. The van der Waals surface area contributed by atoms with Crippen LogP contribution in [-0.4, -0.2) is 25.6 Å². The van der Waals surface area contributed by atoms with Gasteiger partial charge in [-0.2, -0.15) is 0 Å². The summed E-state index contributed by atoms with van der Waals surface area (Å²) in [5, 5.41) is 5.07. The van der Waals surface area contributed by atoms with Crippen molar-refractivity contribution in [3.63, 3.8) is 0 Å². The van der Waals surface area contributed by atoms with Gasteiger partial charge in [-0.15, -0.1) is 11.3 Å². The molecule has 27 heavy (non-hydrogen) atoms. The van der Waals surface area contributed by atoms with Crippen LogP contribution in [0.25, 0.3) is 11.3 Å². The number of carbonyl (C=O) groups is 1. The SMILES string of the molecule is Cc1ccc(-c2csc(NC(=O)c3ccccc3NS(C)(=O)=O)n2)c(C)c1. The molecule has 3 rings (SSSR count). The molecule has 1 amide bonds. The van der Waals surface area contributed by atoms with E-state index in [-0.39, 0.29) is 11.3 Å². The molecule has 0 saturated heterocycles. The molecule has 0 radical (unpaired) electrons. The van der Waals surface area contributed by atoms with E-state index in [1.54, 1.807) is 24.3 Å². The van der Waals surface area contributed by atoms with Gasteiger partial charge in [0.15, 0.2) is 5.13 Å². The molecule has 0 atom stereocenters. The lowest BCUT2D eigenvalue weighted by molar-refractivity contribution is 0.102. The summed E-state index contributed by atoms with van der Waals surface area (Å²) in [4.78, 5) is 17.1. The lowest BCUT2D eigenvalue weighted by Crippen LogP contribution is -2.17. The lowest BCUT2D eigenvalue weighted by Gasteiger charge is -2.09. The van der Waals surface area contributed by atoms with Crippen LogP contribution in [0.3, 0.4) is 0 Å². The van der Waals surface area contributed by atoms with Crippen molar-refractivity contribution < 1.29 is 13.2 Å². The molecule has 3 aromatic rings. The monoisotopic (exact) mass is 401 g/mol. The van der Waals surface area contributed by atoms with Gasteiger partial charge in [-0.25, -0.2) is 13.4 Å². The molecule has 0 bridgehead atoms. The fourth-order valence-corrected chi connectivity index (χ4v) is 3.97. The van der Waals surface area contributed by atoms with Gasteiger partial charge in [0.2, 0.25) is 10.0 Å². The van der Waals surface area contributed by atoms with E-state index >= 15 is 0 Å². The van der Waals surface area contributed by atoms with Crippen LogP contribution in [0.4, 0.5) is 10.8 Å². The number of anilines is 2. The van der Waals surface area contributed by atoms with Gasteiger partial charge in [0.05, 0.1) is 23.2 Å². The highest BCUT2D eigenvalue weighted by Gasteiger charge is 2.16.